The minimum absolute atomic E-state index is 0.444. The third-order valence-corrected chi connectivity index (χ3v) is 3.20. The van der Waals surface area contributed by atoms with E-state index in [2.05, 4.69) is 15.1 Å². The predicted octanol–water partition coefficient (Wildman–Crippen LogP) is 2.61. The number of pyridine rings is 2. The lowest BCUT2D eigenvalue weighted by Crippen LogP contribution is -1.99. The van der Waals surface area contributed by atoms with E-state index < -0.39 is 0 Å². The van der Waals surface area contributed by atoms with Crippen LogP contribution in [-0.4, -0.2) is 35.6 Å². The van der Waals surface area contributed by atoms with E-state index in [1.165, 1.54) is 13.3 Å². The molecule has 6 nitrogen and oxygen atoms in total. The zero-order valence-corrected chi connectivity index (χ0v) is 11.8. The van der Waals surface area contributed by atoms with Crippen LogP contribution in [0.15, 0.2) is 40.5 Å². The average molecular weight is 291 g/mol. The molecule has 0 saturated carbocycles. The molecule has 0 bridgehead atoms. The van der Waals surface area contributed by atoms with Gasteiger partial charge in [0.05, 0.1) is 31.8 Å². The lowest BCUT2D eigenvalue weighted by Gasteiger charge is -2.11. The van der Waals surface area contributed by atoms with Gasteiger partial charge in [-0.2, -0.15) is 0 Å². The second-order valence-electron chi connectivity index (χ2n) is 3.63. The first kappa shape index (κ1) is 14.3. The molecular formula is C13H13N3O3S. The lowest BCUT2D eigenvalue weighted by atomic mass is 10.2. The molecular weight excluding hydrogens is 278 g/mol. The predicted molar refractivity (Wildman–Crippen MR) is 76.3 cm³/mol. The van der Waals surface area contributed by atoms with Crippen molar-refractivity contribution in [2.45, 2.75) is 4.90 Å². The van der Waals surface area contributed by atoms with Crippen molar-refractivity contribution in [1.29, 1.82) is 0 Å². The highest BCUT2D eigenvalue weighted by Crippen LogP contribution is 2.34. The van der Waals surface area contributed by atoms with E-state index in [-0.39, 0.29) is 0 Å². The molecule has 2 heterocycles. The van der Waals surface area contributed by atoms with E-state index in [9.17, 15) is 0 Å². The molecule has 0 radical (unpaired) electrons. The maximum absolute atomic E-state index is 8.76. The summed E-state index contributed by atoms with van der Waals surface area (Å²) in [5, 5.41) is 11.8. The SMILES string of the molecule is COSc1c(OC)cc(-c2ccccn2)nc1C=NO. The van der Waals surface area contributed by atoms with Crippen molar-refractivity contribution in [3.05, 3.63) is 36.2 Å². The number of ether oxygens (including phenoxy) is 1. The van der Waals surface area contributed by atoms with Crippen LogP contribution in [0.2, 0.25) is 0 Å². The summed E-state index contributed by atoms with van der Waals surface area (Å²) in [6.45, 7) is 0. The average Bonchev–Trinajstić information content (AvgIpc) is 2.50. The standard InChI is InChI=1S/C13H13N3O3S/c1-18-12-7-10(9-5-3-4-6-14-9)16-11(8-15-17)13(12)20-19-2/h3-8,17H,1-2H3. The summed E-state index contributed by atoms with van der Waals surface area (Å²) in [4.78, 5) is 9.28. The normalized spacial score (nSPS) is 10.9. The van der Waals surface area contributed by atoms with Gasteiger partial charge in [-0.15, -0.1) is 0 Å². The number of nitrogens with zero attached hydrogens (tertiary/aromatic N) is 3. The zero-order valence-electron chi connectivity index (χ0n) is 11.0. The lowest BCUT2D eigenvalue weighted by molar-refractivity contribution is 0.321. The molecule has 0 unspecified atom stereocenters. The Morgan fingerprint density at radius 3 is 2.75 bits per heavy atom. The number of methoxy groups -OCH3 is 1. The first-order valence-electron chi connectivity index (χ1n) is 5.68. The van der Waals surface area contributed by atoms with Gasteiger partial charge in [0.25, 0.3) is 0 Å². The Kier molecular flexibility index (Phi) is 4.91. The molecule has 0 aliphatic rings. The van der Waals surface area contributed by atoms with Gasteiger partial charge in [0.15, 0.2) is 0 Å². The first-order chi connectivity index (χ1) is 9.80. The van der Waals surface area contributed by atoms with Crippen LogP contribution in [0.4, 0.5) is 0 Å². The van der Waals surface area contributed by atoms with Gasteiger partial charge < -0.3 is 14.1 Å². The first-order valence-corrected chi connectivity index (χ1v) is 6.42. The van der Waals surface area contributed by atoms with Crippen LogP contribution >= 0.6 is 12.0 Å². The van der Waals surface area contributed by atoms with Crippen LogP contribution in [0.3, 0.4) is 0 Å². The van der Waals surface area contributed by atoms with Crippen molar-refractivity contribution in [3.63, 3.8) is 0 Å². The van der Waals surface area contributed by atoms with E-state index in [1.54, 1.807) is 19.4 Å². The van der Waals surface area contributed by atoms with Gasteiger partial charge in [0.1, 0.15) is 16.3 Å². The number of aromatic nitrogens is 2. The van der Waals surface area contributed by atoms with Crippen molar-refractivity contribution in [2.24, 2.45) is 5.16 Å². The molecule has 20 heavy (non-hydrogen) atoms. The van der Waals surface area contributed by atoms with Gasteiger partial charge in [-0.05, 0) is 12.1 Å². The highest BCUT2D eigenvalue weighted by molar-refractivity contribution is 7.94. The summed E-state index contributed by atoms with van der Waals surface area (Å²) in [5.41, 5.74) is 1.77. The Balaban J connectivity index is 2.58. The van der Waals surface area contributed by atoms with Gasteiger partial charge in [-0.3, -0.25) is 4.98 Å². The fraction of sp³-hybridized carbons (Fsp3) is 0.154. The number of hydrogen-bond donors (Lipinski definition) is 1. The minimum atomic E-state index is 0.444. The van der Waals surface area contributed by atoms with Crippen LogP contribution in [0.5, 0.6) is 5.75 Å². The monoisotopic (exact) mass is 291 g/mol. The van der Waals surface area contributed by atoms with Crippen molar-refractivity contribution >= 4 is 18.3 Å². The Morgan fingerprint density at radius 2 is 2.15 bits per heavy atom. The highest BCUT2D eigenvalue weighted by atomic mass is 32.2. The summed E-state index contributed by atoms with van der Waals surface area (Å²) < 4.78 is 10.4. The zero-order chi connectivity index (χ0) is 14.4. The molecule has 0 saturated heterocycles. The maximum atomic E-state index is 8.76. The van der Waals surface area contributed by atoms with Crippen LogP contribution < -0.4 is 4.74 Å². The smallest absolute Gasteiger partial charge is 0.139 e. The molecule has 0 aliphatic heterocycles. The van der Waals surface area contributed by atoms with Gasteiger partial charge in [0, 0.05) is 24.3 Å². The maximum Gasteiger partial charge on any atom is 0.139 e. The minimum Gasteiger partial charge on any atom is -0.495 e. The van der Waals surface area contributed by atoms with Crippen LogP contribution in [0.25, 0.3) is 11.4 Å². The molecule has 0 amide bonds. The molecule has 0 aromatic carbocycles. The quantitative estimate of drug-likeness (QED) is 0.395. The molecule has 2 rings (SSSR count). The van der Waals surface area contributed by atoms with Gasteiger partial charge in [-0.1, -0.05) is 11.2 Å². The van der Waals surface area contributed by atoms with Crippen molar-refractivity contribution in [1.82, 2.24) is 9.97 Å². The summed E-state index contributed by atoms with van der Waals surface area (Å²) in [6.07, 6.45) is 2.91. The number of rotatable bonds is 5. The van der Waals surface area contributed by atoms with Crippen molar-refractivity contribution < 1.29 is 14.1 Å². The molecule has 7 heteroatoms. The molecule has 1 N–H and O–H groups in total. The van der Waals surface area contributed by atoms with Gasteiger partial charge >= 0.3 is 0 Å². The highest BCUT2D eigenvalue weighted by Gasteiger charge is 2.15. The fourth-order valence-electron chi connectivity index (χ4n) is 1.64. The van der Waals surface area contributed by atoms with Crippen LogP contribution in [-0.2, 0) is 4.18 Å². The van der Waals surface area contributed by atoms with Crippen LogP contribution in [0.1, 0.15) is 5.69 Å². The Bertz CT molecular complexity index is 605. The summed E-state index contributed by atoms with van der Waals surface area (Å²) in [5.74, 6) is 0.572. The van der Waals surface area contributed by atoms with Crippen molar-refractivity contribution in [3.8, 4) is 17.1 Å². The third-order valence-electron chi connectivity index (χ3n) is 2.46. The molecule has 2 aromatic heterocycles. The topological polar surface area (TPSA) is 76.8 Å². The van der Waals surface area contributed by atoms with E-state index in [0.717, 1.165) is 12.0 Å². The third kappa shape index (κ3) is 3.06. The van der Waals surface area contributed by atoms with Crippen LogP contribution in [0, 0.1) is 0 Å². The van der Waals surface area contributed by atoms with Gasteiger partial charge in [-0.25, -0.2) is 4.98 Å². The van der Waals surface area contributed by atoms with E-state index >= 15 is 0 Å². The molecule has 0 spiro atoms. The Morgan fingerprint density at radius 1 is 1.30 bits per heavy atom. The summed E-state index contributed by atoms with van der Waals surface area (Å²) in [7, 11) is 3.09. The molecule has 0 atom stereocenters. The molecule has 2 aromatic rings. The fourth-order valence-corrected chi connectivity index (χ4v) is 2.21. The Hall–Kier alpha value is -2.12. The second kappa shape index (κ2) is 6.88. The molecule has 104 valence electrons. The van der Waals surface area contributed by atoms with Crippen molar-refractivity contribution in [2.75, 3.05) is 14.2 Å². The summed E-state index contributed by atoms with van der Waals surface area (Å²) >= 11 is 1.09. The molecule has 0 aliphatic carbocycles. The Labute approximate surface area is 120 Å². The number of oxime groups is 1. The molecule has 0 fully saturated rings. The van der Waals surface area contributed by atoms with E-state index in [4.69, 9.17) is 14.1 Å². The number of hydrogen-bond acceptors (Lipinski definition) is 7. The van der Waals surface area contributed by atoms with Gasteiger partial charge in [0.2, 0.25) is 0 Å². The van der Waals surface area contributed by atoms with E-state index in [1.807, 2.05) is 18.2 Å². The second-order valence-corrected chi connectivity index (χ2v) is 4.54. The summed E-state index contributed by atoms with van der Waals surface area (Å²) in [6, 6.07) is 7.29. The largest absolute Gasteiger partial charge is 0.495 e. The van der Waals surface area contributed by atoms with E-state index in [0.29, 0.717) is 27.7 Å².